The van der Waals surface area contributed by atoms with Gasteiger partial charge in [0.05, 0.1) is 0 Å². The highest BCUT2D eigenvalue weighted by Gasteiger charge is 2.09. The summed E-state index contributed by atoms with van der Waals surface area (Å²) in [6, 6.07) is 4.93. The number of hydrogen-bond acceptors (Lipinski definition) is 1. The lowest BCUT2D eigenvalue weighted by Gasteiger charge is -2.11. The second kappa shape index (κ2) is 4.91. The predicted octanol–water partition coefficient (Wildman–Crippen LogP) is 3.10. The zero-order valence-corrected chi connectivity index (χ0v) is 8.96. The zero-order valence-electron chi connectivity index (χ0n) is 8.96. The van der Waals surface area contributed by atoms with Crippen LogP contribution in [0.4, 0.5) is 4.39 Å². The van der Waals surface area contributed by atoms with E-state index in [1.54, 1.807) is 19.1 Å². The normalized spacial score (nSPS) is 12.5. The van der Waals surface area contributed by atoms with Crippen molar-refractivity contribution in [1.82, 2.24) is 0 Å². The summed E-state index contributed by atoms with van der Waals surface area (Å²) in [5.74, 6) is -0.856. The lowest BCUT2D eigenvalue weighted by atomic mass is 9.95. The molecule has 0 heterocycles. The van der Waals surface area contributed by atoms with Gasteiger partial charge < -0.3 is 5.11 Å². The molecule has 3 heteroatoms. The van der Waals surface area contributed by atoms with Crippen molar-refractivity contribution in [2.24, 2.45) is 0 Å². The molecule has 1 atom stereocenters. The van der Waals surface area contributed by atoms with E-state index in [1.807, 2.05) is 6.92 Å². The summed E-state index contributed by atoms with van der Waals surface area (Å²) in [4.78, 5) is 10.4. The van der Waals surface area contributed by atoms with Crippen LogP contribution in [0.15, 0.2) is 18.2 Å². The highest BCUT2D eigenvalue weighted by Crippen LogP contribution is 2.22. The summed E-state index contributed by atoms with van der Waals surface area (Å²) >= 11 is 0. The highest BCUT2D eigenvalue weighted by molar-refractivity contribution is 5.66. The molecule has 0 aromatic heterocycles. The molecule has 0 aliphatic carbocycles. The summed E-state index contributed by atoms with van der Waals surface area (Å²) in [6.45, 7) is 3.67. The minimum Gasteiger partial charge on any atom is -0.481 e. The second-order valence-electron chi connectivity index (χ2n) is 3.84. The first-order chi connectivity index (χ1) is 7.00. The Balaban J connectivity index is 2.69. The smallest absolute Gasteiger partial charge is 0.303 e. The molecule has 0 aliphatic heterocycles. The van der Waals surface area contributed by atoms with E-state index in [2.05, 4.69) is 0 Å². The Kier molecular flexibility index (Phi) is 3.83. The van der Waals surface area contributed by atoms with Crippen LogP contribution in [0.5, 0.6) is 0 Å². The lowest BCUT2D eigenvalue weighted by Crippen LogP contribution is -2.00. The van der Waals surface area contributed by atoms with E-state index in [0.29, 0.717) is 12.0 Å². The topological polar surface area (TPSA) is 37.3 Å². The third-order valence-electron chi connectivity index (χ3n) is 2.54. The third kappa shape index (κ3) is 3.35. The van der Waals surface area contributed by atoms with Gasteiger partial charge in [0, 0.05) is 6.42 Å². The maximum absolute atomic E-state index is 13.0. The molecule has 0 aliphatic rings. The Labute approximate surface area is 88.7 Å². The van der Waals surface area contributed by atoms with Crippen LogP contribution in [0.1, 0.15) is 36.8 Å². The number of benzene rings is 1. The van der Waals surface area contributed by atoms with Gasteiger partial charge >= 0.3 is 5.97 Å². The predicted molar refractivity (Wildman–Crippen MR) is 56.4 cm³/mol. The molecule has 0 radical (unpaired) electrons. The maximum Gasteiger partial charge on any atom is 0.303 e. The van der Waals surface area contributed by atoms with E-state index in [9.17, 15) is 9.18 Å². The number of halogens is 1. The van der Waals surface area contributed by atoms with E-state index in [4.69, 9.17) is 5.11 Å². The summed E-state index contributed by atoms with van der Waals surface area (Å²) in [5, 5.41) is 8.55. The van der Waals surface area contributed by atoms with Gasteiger partial charge in [-0.25, -0.2) is 4.39 Å². The van der Waals surface area contributed by atoms with Crippen molar-refractivity contribution < 1.29 is 14.3 Å². The fraction of sp³-hybridized carbons (Fsp3) is 0.417. The standard InChI is InChI=1S/C12H15FO2/c1-8(3-6-12(14)15)10-4-5-11(13)9(2)7-10/h4-5,7-8H,3,6H2,1-2H3,(H,14,15). The lowest BCUT2D eigenvalue weighted by molar-refractivity contribution is -0.137. The first-order valence-electron chi connectivity index (χ1n) is 4.98. The van der Waals surface area contributed by atoms with Gasteiger partial charge in [0.2, 0.25) is 0 Å². The quantitative estimate of drug-likeness (QED) is 0.829. The van der Waals surface area contributed by atoms with E-state index in [1.165, 1.54) is 6.07 Å². The van der Waals surface area contributed by atoms with E-state index >= 15 is 0 Å². The molecule has 0 saturated heterocycles. The van der Waals surface area contributed by atoms with E-state index in [-0.39, 0.29) is 18.2 Å². The average molecular weight is 210 g/mol. The molecule has 0 fully saturated rings. The molecule has 0 saturated carbocycles. The fourth-order valence-corrected chi connectivity index (χ4v) is 1.48. The number of carboxylic acids is 1. The van der Waals surface area contributed by atoms with E-state index < -0.39 is 5.97 Å². The summed E-state index contributed by atoms with van der Waals surface area (Å²) < 4.78 is 13.0. The van der Waals surface area contributed by atoms with Crippen molar-refractivity contribution in [1.29, 1.82) is 0 Å². The maximum atomic E-state index is 13.0. The molecule has 1 aromatic carbocycles. The van der Waals surface area contributed by atoms with Crippen molar-refractivity contribution in [3.05, 3.63) is 35.1 Å². The summed E-state index contributed by atoms with van der Waals surface area (Å²) in [5.41, 5.74) is 1.60. The molecule has 1 aromatic rings. The molecular weight excluding hydrogens is 195 g/mol. The Bertz CT molecular complexity index is 361. The van der Waals surface area contributed by atoms with Gasteiger partial charge in [-0.3, -0.25) is 4.79 Å². The largest absolute Gasteiger partial charge is 0.481 e. The molecular formula is C12H15FO2. The second-order valence-corrected chi connectivity index (χ2v) is 3.84. The Hall–Kier alpha value is -1.38. The third-order valence-corrected chi connectivity index (χ3v) is 2.54. The van der Waals surface area contributed by atoms with Gasteiger partial charge in [-0.05, 0) is 36.5 Å². The van der Waals surface area contributed by atoms with Gasteiger partial charge in [0.15, 0.2) is 0 Å². The van der Waals surface area contributed by atoms with Gasteiger partial charge in [-0.15, -0.1) is 0 Å². The molecule has 0 spiro atoms. The molecule has 15 heavy (non-hydrogen) atoms. The molecule has 1 rings (SSSR count). The van der Waals surface area contributed by atoms with Crippen LogP contribution in [-0.4, -0.2) is 11.1 Å². The molecule has 0 amide bonds. The van der Waals surface area contributed by atoms with Crippen LogP contribution in [0.2, 0.25) is 0 Å². The Morgan fingerprint density at radius 2 is 2.20 bits per heavy atom. The molecule has 0 bridgehead atoms. The number of rotatable bonds is 4. The molecule has 1 N–H and O–H groups in total. The Morgan fingerprint density at radius 3 is 2.73 bits per heavy atom. The van der Waals surface area contributed by atoms with Crippen LogP contribution >= 0.6 is 0 Å². The summed E-state index contributed by atoms with van der Waals surface area (Å²) in [6.07, 6.45) is 0.734. The zero-order chi connectivity index (χ0) is 11.4. The number of carboxylic acid groups (broad SMARTS) is 1. The van der Waals surface area contributed by atoms with Crippen molar-refractivity contribution >= 4 is 5.97 Å². The molecule has 82 valence electrons. The average Bonchev–Trinajstić information content (AvgIpc) is 2.18. The van der Waals surface area contributed by atoms with Crippen molar-refractivity contribution in [2.45, 2.75) is 32.6 Å². The SMILES string of the molecule is Cc1cc(C(C)CCC(=O)O)ccc1F. The van der Waals surface area contributed by atoms with Crippen LogP contribution in [0.3, 0.4) is 0 Å². The fourth-order valence-electron chi connectivity index (χ4n) is 1.48. The van der Waals surface area contributed by atoms with E-state index in [0.717, 1.165) is 5.56 Å². The highest BCUT2D eigenvalue weighted by atomic mass is 19.1. The van der Waals surface area contributed by atoms with Gasteiger partial charge in [0.25, 0.3) is 0 Å². The van der Waals surface area contributed by atoms with Crippen LogP contribution in [0.25, 0.3) is 0 Å². The monoisotopic (exact) mass is 210 g/mol. The van der Waals surface area contributed by atoms with Crippen molar-refractivity contribution in [3.63, 3.8) is 0 Å². The first kappa shape index (κ1) is 11.7. The minimum atomic E-state index is -0.791. The van der Waals surface area contributed by atoms with Crippen LogP contribution in [-0.2, 0) is 4.79 Å². The number of aryl methyl sites for hydroxylation is 1. The van der Waals surface area contributed by atoms with Gasteiger partial charge in [0.1, 0.15) is 5.82 Å². The van der Waals surface area contributed by atoms with Crippen LogP contribution < -0.4 is 0 Å². The van der Waals surface area contributed by atoms with Crippen molar-refractivity contribution in [3.8, 4) is 0 Å². The number of aliphatic carboxylic acids is 1. The van der Waals surface area contributed by atoms with Gasteiger partial charge in [-0.2, -0.15) is 0 Å². The van der Waals surface area contributed by atoms with Crippen molar-refractivity contribution in [2.75, 3.05) is 0 Å². The Morgan fingerprint density at radius 1 is 1.53 bits per heavy atom. The summed E-state index contributed by atoms with van der Waals surface area (Å²) in [7, 11) is 0. The number of carbonyl (C=O) groups is 1. The molecule has 2 nitrogen and oxygen atoms in total. The minimum absolute atomic E-state index is 0.150. The first-order valence-corrected chi connectivity index (χ1v) is 4.98. The number of hydrogen-bond donors (Lipinski definition) is 1. The van der Waals surface area contributed by atoms with Gasteiger partial charge in [-0.1, -0.05) is 19.1 Å². The molecule has 1 unspecified atom stereocenters. The van der Waals surface area contributed by atoms with Crippen LogP contribution in [0, 0.1) is 12.7 Å².